The van der Waals surface area contributed by atoms with Crippen molar-refractivity contribution in [2.75, 3.05) is 25.1 Å². The largest absolute Gasteiger partial charge is 0.381 e. The molecule has 1 N–H and O–H groups in total. The topological polar surface area (TPSA) is 72.3 Å². The molecule has 1 fully saturated rings. The number of nitrogens with zero attached hydrogens (tertiary/aromatic N) is 4. The van der Waals surface area contributed by atoms with Crippen molar-refractivity contribution in [3.63, 3.8) is 0 Å². The summed E-state index contributed by atoms with van der Waals surface area (Å²) in [6.45, 7) is 7.44. The molecule has 0 bridgehead atoms. The van der Waals surface area contributed by atoms with E-state index < -0.39 is 0 Å². The number of amides is 1. The summed E-state index contributed by atoms with van der Waals surface area (Å²) in [7, 11) is 0. The van der Waals surface area contributed by atoms with E-state index >= 15 is 0 Å². The lowest BCUT2D eigenvalue weighted by Crippen LogP contribution is -2.33. The SMILES string of the molecule is CCN(Cc1ccccc1)C(=O)c1cnc2c(cnn2CC)c1NC1CCOCC1. The molecule has 1 saturated heterocycles. The van der Waals surface area contributed by atoms with Gasteiger partial charge in [0, 0.05) is 45.1 Å². The summed E-state index contributed by atoms with van der Waals surface area (Å²) in [5, 5.41) is 8.99. The van der Waals surface area contributed by atoms with Crippen molar-refractivity contribution in [2.24, 2.45) is 0 Å². The molecule has 1 aromatic carbocycles. The van der Waals surface area contributed by atoms with Crippen molar-refractivity contribution >= 4 is 22.6 Å². The van der Waals surface area contributed by atoms with Gasteiger partial charge in [0.25, 0.3) is 5.91 Å². The predicted molar refractivity (Wildman–Crippen MR) is 118 cm³/mol. The van der Waals surface area contributed by atoms with E-state index in [4.69, 9.17) is 4.74 Å². The Kier molecular flexibility index (Phi) is 6.28. The maximum atomic E-state index is 13.6. The van der Waals surface area contributed by atoms with Gasteiger partial charge in [-0.2, -0.15) is 5.10 Å². The van der Waals surface area contributed by atoms with E-state index in [0.717, 1.165) is 54.9 Å². The molecule has 1 amide bonds. The van der Waals surface area contributed by atoms with Gasteiger partial charge < -0.3 is 15.0 Å². The number of hydrogen-bond acceptors (Lipinski definition) is 5. The molecule has 7 nitrogen and oxygen atoms in total. The summed E-state index contributed by atoms with van der Waals surface area (Å²) in [5.41, 5.74) is 3.35. The second-order valence-corrected chi connectivity index (χ2v) is 7.58. The summed E-state index contributed by atoms with van der Waals surface area (Å²) in [6, 6.07) is 10.3. The molecule has 2 aromatic heterocycles. The van der Waals surface area contributed by atoms with E-state index in [1.54, 1.807) is 6.20 Å². The molecule has 1 aliphatic heterocycles. The average molecular weight is 408 g/mol. The molecule has 0 atom stereocenters. The minimum atomic E-state index is -0.0189. The Morgan fingerprint density at radius 3 is 2.67 bits per heavy atom. The predicted octanol–water partition coefficient (Wildman–Crippen LogP) is 3.70. The van der Waals surface area contributed by atoms with Crippen LogP contribution in [0.4, 0.5) is 5.69 Å². The van der Waals surface area contributed by atoms with Gasteiger partial charge in [-0.05, 0) is 32.3 Å². The normalized spacial score (nSPS) is 14.7. The van der Waals surface area contributed by atoms with Gasteiger partial charge in [0.2, 0.25) is 0 Å². The van der Waals surface area contributed by atoms with Crippen molar-refractivity contribution in [2.45, 2.75) is 45.8 Å². The van der Waals surface area contributed by atoms with Crippen LogP contribution in [0, 0.1) is 0 Å². The van der Waals surface area contributed by atoms with Gasteiger partial charge in [-0.15, -0.1) is 0 Å². The molecule has 3 aromatic rings. The Morgan fingerprint density at radius 1 is 1.20 bits per heavy atom. The third kappa shape index (κ3) is 4.16. The van der Waals surface area contributed by atoms with Crippen LogP contribution in [0.2, 0.25) is 0 Å². The van der Waals surface area contributed by atoms with Gasteiger partial charge in [0.1, 0.15) is 0 Å². The molecular formula is C23H29N5O2. The third-order valence-electron chi connectivity index (χ3n) is 5.65. The molecule has 0 radical (unpaired) electrons. The summed E-state index contributed by atoms with van der Waals surface area (Å²) < 4.78 is 7.36. The van der Waals surface area contributed by atoms with Crippen molar-refractivity contribution < 1.29 is 9.53 Å². The highest BCUT2D eigenvalue weighted by atomic mass is 16.5. The molecule has 3 heterocycles. The van der Waals surface area contributed by atoms with Crippen LogP contribution in [0.25, 0.3) is 11.0 Å². The number of fused-ring (bicyclic) bond motifs is 1. The van der Waals surface area contributed by atoms with E-state index in [9.17, 15) is 4.79 Å². The standard InChI is InChI=1S/C23H29N5O2/c1-3-27(16-17-8-6-5-7-9-17)23(29)20-14-24-22-19(15-25-28(22)4-2)21(20)26-18-10-12-30-13-11-18/h5-9,14-15,18H,3-4,10-13,16H2,1-2H3,(H,24,26). The third-order valence-corrected chi connectivity index (χ3v) is 5.65. The van der Waals surface area contributed by atoms with E-state index in [1.807, 2.05) is 60.0 Å². The minimum absolute atomic E-state index is 0.0189. The van der Waals surface area contributed by atoms with Gasteiger partial charge in [0.05, 0.1) is 22.8 Å². The number of benzene rings is 1. The molecule has 4 rings (SSSR count). The van der Waals surface area contributed by atoms with Crippen molar-refractivity contribution in [3.05, 3.63) is 53.9 Å². The highest BCUT2D eigenvalue weighted by Crippen LogP contribution is 2.29. The summed E-state index contributed by atoms with van der Waals surface area (Å²) >= 11 is 0. The summed E-state index contributed by atoms with van der Waals surface area (Å²) in [5.74, 6) is -0.0189. The fraction of sp³-hybridized carbons (Fsp3) is 0.435. The second-order valence-electron chi connectivity index (χ2n) is 7.58. The first-order valence-corrected chi connectivity index (χ1v) is 10.7. The Morgan fingerprint density at radius 2 is 1.97 bits per heavy atom. The fourth-order valence-electron chi connectivity index (χ4n) is 3.92. The molecule has 0 aliphatic carbocycles. The first-order valence-electron chi connectivity index (χ1n) is 10.7. The van der Waals surface area contributed by atoms with E-state index in [0.29, 0.717) is 18.7 Å². The first kappa shape index (κ1) is 20.3. The van der Waals surface area contributed by atoms with E-state index in [1.165, 1.54) is 0 Å². The van der Waals surface area contributed by atoms with E-state index in [-0.39, 0.29) is 11.9 Å². The Balaban J connectivity index is 1.70. The number of carbonyl (C=O) groups is 1. The zero-order chi connectivity index (χ0) is 20.9. The number of pyridine rings is 1. The highest BCUT2D eigenvalue weighted by Gasteiger charge is 2.24. The molecule has 0 saturated carbocycles. The number of aryl methyl sites for hydroxylation is 1. The molecule has 30 heavy (non-hydrogen) atoms. The first-order chi connectivity index (χ1) is 14.7. The average Bonchev–Trinajstić information content (AvgIpc) is 3.22. The van der Waals surface area contributed by atoms with Crippen molar-refractivity contribution in [3.8, 4) is 0 Å². The zero-order valence-electron chi connectivity index (χ0n) is 17.7. The van der Waals surface area contributed by atoms with Crippen LogP contribution < -0.4 is 5.32 Å². The quantitative estimate of drug-likeness (QED) is 0.646. The number of ether oxygens (including phenoxy) is 1. The number of nitrogens with one attached hydrogen (secondary N) is 1. The lowest BCUT2D eigenvalue weighted by molar-refractivity contribution is 0.0753. The molecular weight excluding hydrogens is 378 g/mol. The molecule has 0 spiro atoms. The number of carbonyl (C=O) groups excluding carboxylic acids is 1. The van der Waals surface area contributed by atoms with E-state index in [2.05, 4.69) is 15.4 Å². The molecule has 7 heteroatoms. The number of hydrogen-bond donors (Lipinski definition) is 1. The summed E-state index contributed by atoms with van der Waals surface area (Å²) in [4.78, 5) is 20.0. The number of aromatic nitrogens is 3. The maximum Gasteiger partial charge on any atom is 0.257 e. The lowest BCUT2D eigenvalue weighted by Gasteiger charge is -2.27. The minimum Gasteiger partial charge on any atom is -0.381 e. The number of anilines is 1. The van der Waals surface area contributed by atoms with Gasteiger partial charge in [-0.25, -0.2) is 9.67 Å². The highest BCUT2D eigenvalue weighted by molar-refractivity contribution is 6.06. The van der Waals surface area contributed by atoms with Crippen LogP contribution in [0.1, 0.15) is 42.6 Å². The Labute approximate surface area is 177 Å². The smallest absolute Gasteiger partial charge is 0.257 e. The maximum absolute atomic E-state index is 13.6. The van der Waals surface area contributed by atoms with Crippen molar-refractivity contribution in [1.29, 1.82) is 0 Å². The van der Waals surface area contributed by atoms with Gasteiger partial charge in [-0.3, -0.25) is 4.79 Å². The molecule has 0 unspecified atom stereocenters. The van der Waals surface area contributed by atoms with Crippen LogP contribution in [0.3, 0.4) is 0 Å². The van der Waals surface area contributed by atoms with Gasteiger partial charge in [0.15, 0.2) is 5.65 Å². The van der Waals surface area contributed by atoms with Crippen LogP contribution in [0.5, 0.6) is 0 Å². The lowest BCUT2D eigenvalue weighted by atomic mass is 10.1. The van der Waals surface area contributed by atoms with Crippen LogP contribution in [0.15, 0.2) is 42.7 Å². The summed E-state index contributed by atoms with van der Waals surface area (Å²) in [6.07, 6.45) is 5.35. The van der Waals surface area contributed by atoms with Gasteiger partial charge >= 0.3 is 0 Å². The zero-order valence-corrected chi connectivity index (χ0v) is 17.7. The monoisotopic (exact) mass is 407 g/mol. The van der Waals surface area contributed by atoms with Gasteiger partial charge in [-0.1, -0.05) is 30.3 Å². The Bertz CT molecular complexity index is 996. The van der Waals surface area contributed by atoms with Crippen molar-refractivity contribution in [1.82, 2.24) is 19.7 Å². The van der Waals surface area contributed by atoms with Crippen LogP contribution in [-0.2, 0) is 17.8 Å². The molecule has 1 aliphatic rings. The number of rotatable bonds is 7. The second kappa shape index (κ2) is 9.26. The Hall–Kier alpha value is -2.93. The van der Waals surface area contributed by atoms with Crippen LogP contribution >= 0.6 is 0 Å². The fourth-order valence-corrected chi connectivity index (χ4v) is 3.92. The van der Waals surface area contributed by atoms with Crippen LogP contribution in [-0.4, -0.2) is 51.4 Å². The molecule has 158 valence electrons.